The molecule has 0 aliphatic carbocycles. The normalized spacial score (nSPS) is 15.6. The lowest BCUT2D eigenvalue weighted by Crippen LogP contribution is -2.30. The Hall–Kier alpha value is -3.86. The van der Waals surface area contributed by atoms with Crippen molar-refractivity contribution in [1.82, 2.24) is 9.55 Å². The third kappa shape index (κ3) is 3.05. The zero-order valence-corrected chi connectivity index (χ0v) is 16.9. The number of benzene rings is 3. The third-order valence-electron chi connectivity index (χ3n) is 5.46. The first-order valence-corrected chi connectivity index (χ1v) is 9.99. The Morgan fingerprint density at radius 3 is 2.53 bits per heavy atom. The Labute approximate surface area is 175 Å². The number of nitrogens with zero attached hydrogens (tertiary/aromatic N) is 2. The molecule has 0 bridgehead atoms. The lowest BCUT2D eigenvalue weighted by molar-refractivity contribution is -0.113. The van der Waals surface area contributed by atoms with Crippen LogP contribution in [-0.4, -0.2) is 15.5 Å². The second-order valence-corrected chi connectivity index (χ2v) is 7.59. The molecule has 2 heterocycles. The molecule has 1 atom stereocenters. The lowest BCUT2D eigenvalue weighted by Gasteiger charge is -2.31. The molecule has 1 aliphatic rings. The fourth-order valence-electron chi connectivity index (χ4n) is 4.13. The van der Waals surface area contributed by atoms with Gasteiger partial charge in [0, 0.05) is 11.4 Å². The Morgan fingerprint density at radius 1 is 0.967 bits per heavy atom. The number of allylic oxidation sites excluding steroid dienone is 1. The van der Waals surface area contributed by atoms with Gasteiger partial charge in [-0.2, -0.15) is 0 Å². The van der Waals surface area contributed by atoms with Crippen molar-refractivity contribution < 1.29 is 4.79 Å². The topological polar surface area (TPSA) is 59.0 Å². The Bertz CT molecular complexity index is 1290. The van der Waals surface area contributed by atoms with Gasteiger partial charge in [-0.05, 0) is 43.7 Å². The first kappa shape index (κ1) is 18.2. The van der Waals surface area contributed by atoms with Crippen molar-refractivity contribution in [2.24, 2.45) is 0 Å². The molecule has 0 fully saturated rings. The van der Waals surface area contributed by atoms with Crippen molar-refractivity contribution in [3.8, 4) is 0 Å². The average molecular weight is 394 g/mol. The van der Waals surface area contributed by atoms with Crippen LogP contribution in [0, 0.1) is 6.92 Å². The number of anilines is 2. The molecule has 5 rings (SSSR count). The van der Waals surface area contributed by atoms with Crippen LogP contribution in [0.5, 0.6) is 0 Å². The molecule has 0 spiro atoms. The van der Waals surface area contributed by atoms with E-state index in [1.165, 1.54) is 0 Å². The van der Waals surface area contributed by atoms with E-state index in [1.54, 1.807) is 0 Å². The summed E-state index contributed by atoms with van der Waals surface area (Å²) < 4.78 is 2.12. The van der Waals surface area contributed by atoms with Gasteiger partial charge in [-0.25, -0.2) is 4.98 Å². The molecule has 4 aromatic rings. The Kier molecular flexibility index (Phi) is 4.36. The monoisotopic (exact) mass is 394 g/mol. The van der Waals surface area contributed by atoms with Crippen LogP contribution in [0.15, 0.2) is 90.1 Å². The second kappa shape index (κ2) is 7.19. The van der Waals surface area contributed by atoms with E-state index in [2.05, 4.69) is 40.3 Å². The van der Waals surface area contributed by atoms with Crippen LogP contribution in [0.2, 0.25) is 0 Å². The minimum Gasteiger partial charge on any atom is -0.329 e. The number of para-hydroxylation sites is 3. The van der Waals surface area contributed by atoms with Crippen LogP contribution in [-0.2, 0) is 4.79 Å². The Morgan fingerprint density at radius 2 is 1.73 bits per heavy atom. The van der Waals surface area contributed by atoms with E-state index in [-0.39, 0.29) is 11.9 Å². The van der Waals surface area contributed by atoms with Gasteiger partial charge >= 0.3 is 0 Å². The number of hydrogen-bond donors (Lipinski definition) is 2. The summed E-state index contributed by atoms with van der Waals surface area (Å²) in [5, 5.41) is 6.41. The van der Waals surface area contributed by atoms with Gasteiger partial charge in [-0.3, -0.25) is 9.36 Å². The van der Waals surface area contributed by atoms with E-state index in [0.29, 0.717) is 5.57 Å². The predicted octanol–water partition coefficient (Wildman–Crippen LogP) is 5.27. The quantitative estimate of drug-likeness (QED) is 0.497. The zero-order chi connectivity index (χ0) is 20.7. The summed E-state index contributed by atoms with van der Waals surface area (Å²) in [6, 6.07) is 25.6. The van der Waals surface area contributed by atoms with Gasteiger partial charge < -0.3 is 10.6 Å². The summed E-state index contributed by atoms with van der Waals surface area (Å²) in [4.78, 5) is 18.2. The number of nitrogens with one attached hydrogen (secondary N) is 2. The van der Waals surface area contributed by atoms with Crippen molar-refractivity contribution in [1.29, 1.82) is 0 Å². The minimum atomic E-state index is -0.280. The number of aromatic nitrogens is 2. The number of amides is 1. The Balaban J connectivity index is 1.69. The standard InChI is InChI=1S/C25H22N4O/c1-16-9-8-10-18(15-16)23-22(24(30)27-19-11-4-3-5-12-19)17(2)26-25-28-20-13-6-7-14-21(20)29(23)25/h3-15,23H,1-2H3,(H,26,28)(H,27,30). The predicted molar refractivity (Wildman–Crippen MR) is 120 cm³/mol. The molecule has 1 amide bonds. The van der Waals surface area contributed by atoms with Gasteiger partial charge in [-0.15, -0.1) is 0 Å². The maximum Gasteiger partial charge on any atom is 0.255 e. The highest BCUT2D eigenvalue weighted by Crippen LogP contribution is 2.39. The maximum absolute atomic E-state index is 13.5. The highest BCUT2D eigenvalue weighted by molar-refractivity contribution is 6.06. The smallest absolute Gasteiger partial charge is 0.255 e. The first-order chi connectivity index (χ1) is 14.6. The van der Waals surface area contributed by atoms with Crippen molar-refractivity contribution in [3.05, 3.63) is 101 Å². The van der Waals surface area contributed by atoms with Crippen LogP contribution in [0.3, 0.4) is 0 Å². The summed E-state index contributed by atoms with van der Waals surface area (Å²) >= 11 is 0. The SMILES string of the molecule is CC1=C(C(=O)Nc2ccccc2)C(c2cccc(C)c2)n2c(nc3ccccc32)N1. The molecule has 5 nitrogen and oxygen atoms in total. The van der Waals surface area contributed by atoms with Gasteiger partial charge in [0.2, 0.25) is 5.95 Å². The van der Waals surface area contributed by atoms with Crippen molar-refractivity contribution in [2.45, 2.75) is 19.9 Å². The third-order valence-corrected chi connectivity index (χ3v) is 5.46. The largest absolute Gasteiger partial charge is 0.329 e. The van der Waals surface area contributed by atoms with E-state index in [1.807, 2.05) is 67.6 Å². The molecule has 1 aromatic heterocycles. The highest BCUT2D eigenvalue weighted by atomic mass is 16.1. The molecule has 0 saturated heterocycles. The van der Waals surface area contributed by atoms with Crippen LogP contribution in [0.25, 0.3) is 11.0 Å². The van der Waals surface area contributed by atoms with Gasteiger partial charge in [0.15, 0.2) is 0 Å². The molecule has 5 heteroatoms. The fourth-order valence-corrected chi connectivity index (χ4v) is 4.13. The molecule has 1 aliphatic heterocycles. The van der Waals surface area contributed by atoms with Crippen LogP contribution in [0.1, 0.15) is 24.1 Å². The van der Waals surface area contributed by atoms with Gasteiger partial charge in [-0.1, -0.05) is 60.2 Å². The highest BCUT2D eigenvalue weighted by Gasteiger charge is 2.34. The average Bonchev–Trinajstić information content (AvgIpc) is 3.11. The minimum absolute atomic E-state index is 0.124. The summed E-state index contributed by atoms with van der Waals surface area (Å²) in [5.74, 6) is 0.623. The summed E-state index contributed by atoms with van der Waals surface area (Å²) in [7, 11) is 0. The number of aryl methyl sites for hydroxylation is 1. The number of rotatable bonds is 3. The first-order valence-electron chi connectivity index (χ1n) is 9.99. The van der Waals surface area contributed by atoms with E-state index in [0.717, 1.165) is 39.5 Å². The van der Waals surface area contributed by atoms with E-state index >= 15 is 0 Å². The number of imidazole rings is 1. The molecular weight excluding hydrogens is 372 g/mol. The summed E-state index contributed by atoms with van der Waals surface area (Å²) in [5.41, 5.74) is 6.35. The van der Waals surface area contributed by atoms with Crippen LogP contribution in [0.4, 0.5) is 11.6 Å². The molecule has 3 aromatic carbocycles. The van der Waals surface area contributed by atoms with Gasteiger partial charge in [0.1, 0.15) is 0 Å². The molecule has 0 saturated carbocycles. The number of fused-ring (bicyclic) bond motifs is 3. The molecule has 2 N–H and O–H groups in total. The summed E-state index contributed by atoms with van der Waals surface area (Å²) in [6.07, 6.45) is 0. The number of carbonyl (C=O) groups is 1. The summed E-state index contributed by atoms with van der Waals surface area (Å²) in [6.45, 7) is 4.00. The number of hydrogen-bond acceptors (Lipinski definition) is 3. The van der Waals surface area contributed by atoms with Gasteiger partial charge in [0.05, 0.1) is 22.6 Å². The van der Waals surface area contributed by atoms with E-state index in [9.17, 15) is 4.79 Å². The fraction of sp³-hybridized carbons (Fsp3) is 0.120. The van der Waals surface area contributed by atoms with Gasteiger partial charge in [0.25, 0.3) is 5.91 Å². The van der Waals surface area contributed by atoms with Crippen LogP contribution >= 0.6 is 0 Å². The molecule has 1 unspecified atom stereocenters. The van der Waals surface area contributed by atoms with E-state index in [4.69, 9.17) is 4.98 Å². The second-order valence-electron chi connectivity index (χ2n) is 7.59. The molecule has 148 valence electrons. The molecule has 30 heavy (non-hydrogen) atoms. The molecule has 0 radical (unpaired) electrons. The zero-order valence-electron chi connectivity index (χ0n) is 16.9. The van der Waals surface area contributed by atoms with Crippen molar-refractivity contribution >= 4 is 28.6 Å². The maximum atomic E-state index is 13.5. The van der Waals surface area contributed by atoms with E-state index < -0.39 is 0 Å². The van der Waals surface area contributed by atoms with Crippen molar-refractivity contribution in [2.75, 3.05) is 10.6 Å². The van der Waals surface area contributed by atoms with Crippen molar-refractivity contribution in [3.63, 3.8) is 0 Å². The molecular formula is C25H22N4O. The number of carbonyl (C=O) groups excluding carboxylic acids is 1. The van der Waals surface area contributed by atoms with Crippen LogP contribution < -0.4 is 10.6 Å². The lowest BCUT2D eigenvalue weighted by atomic mass is 9.93.